The van der Waals surface area contributed by atoms with E-state index in [4.69, 9.17) is 0 Å². The van der Waals surface area contributed by atoms with Gasteiger partial charge < -0.3 is 5.32 Å². The van der Waals surface area contributed by atoms with Gasteiger partial charge in [-0.2, -0.15) is 0 Å². The van der Waals surface area contributed by atoms with Crippen LogP contribution in [0.5, 0.6) is 0 Å². The van der Waals surface area contributed by atoms with E-state index in [-0.39, 0.29) is 0 Å². The Kier molecular flexibility index (Phi) is 3.28. The first-order valence-electron chi connectivity index (χ1n) is 5.01. The summed E-state index contributed by atoms with van der Waals surface area (Å²) in [4.78, 5) is 8.14. The van der Waals surface area contributed by atoms with E-state index >= 15 is 0 Å². The van der Waals surface area contributed by atoms with Gasteiger partial charge in [0.25, 0.3) is 0 Å². The topological polar surface area (TPSA) is 37.8 Å². The van der Waals surface area contributed by atoms with Gasteiger partial charge in [0.05, 0.1) is 0 Å². The van der Waals surface area contributed by atoms with Crippen molar-refractivity contribution in [2.24, 2.45) is 0 Å². The molecule has 0 aliphatic carbocycles. The lowest BCUT2D eigenvalue weighted by molar-refractivity contribution is 0.917. The number of aromatic nitrogens is 2. The molecule has 0 radical (unpaired) electrons. The van der Waals surface area contributed by atoms with Crippen molar-refractivity contribution in [1.29, 1.82) is 0 Å². The van der Waals surface area contributed by atoms with Crippen molar-refractivity contribution >= 4 is 11.0 Å². The molecule has 0 spiro atoms. The highest BCUT2D eigenvalue weighted by Crippen LogP contribution is 2.04. The highest BCUT2D eigenvalue weighted by atomic mass is 14.8. The molecule has 3 nitrogen and oxygen atoms in total. The van der Waals surface area contributed by atoms with Gasteiger partial charge in [-0.15, -0.1) is 0 Å². The van der Waals surface area contributed by atoms with E-state index in [0.29, 0.717) is 0 Å². The van der Waals surface area contributed by atoms with Gasteiger partial charge in [-0.1, -0.05) is 6.08 Å². The summed E-state index contributed by atoms with van der Waals surface area (Å²) < 4.78 is 0. The smallest absolute Gasteiger partial charge is 0.159 e. The van der Waals surface area contributed by atoms with Crippen LogP contribution in [0, 0.1) is 0 Å². The van der Waals surface area contributed by atoms with E-state index in [1.807, 2.05) is 30.5 Å². The number of hydrogen-bond acceptors (Lipinski definition) is 3. The molecule has 0 atom stereocenters. The van der Waals surface area contributed by atoms with Crippen molar-refractivity contribution < 1.29 is 0 Å². The Labute approximate surface area is 88.9 Å². The van der Waals surface area contributed by atoms with Crippen LogP contribution in [0.4, 0.5) is 0 Å². The van der Waals surface area contributed by atoms with Gasteiger partial charge in [-0.25, -0.2) is 9.97 Å². The predicted octanol–water partition coefficient (Wildman–Crippen LogP) is 2.12. The van der Waals surface area contributed by atoms with Crippen LogP contribution in [0.1, 0.15) is 6.42 Å². The van der Waals surface area contributed by atoms with Crippen LogP contribution in [-0.2, 0) is 0 Å². The second kappa shape index (κ2) is 5.10. The molecule has 3 heteroatoms. The van der Waals surface area contributed by atoms with E-state index in [1.54, 1.807) is 12.4 Å². The number of hydrogen-bond donors (Lipinski definition) is 1. The van der Waals surface area contributed by atoms with Crippen molar-refractivity contribution in [2.45, 2.75) is 6.42 Å². The van der Waals surface area contributed by atoms with Crippen LogP contribution in [-0.4, -0.2) is 16.5 Å². The Balaban J connectivity index is 0.000000144. The maximum Gasteiger partial charge on any atom is 0.159 e. The van der Waals surface area contributed by atoms with Crippen LogP contribution in [0.25, 0.3) is 11.0 Å². The lowest BCUT2D eigenvalue weighted by Gasteiger charge is -1.90. The van der Waals surface area contributed by atoms with Gasteiger partial charge in [-0.05, 0) is 36.9 Å². The zero-order valence-corrected chi connectivity index (χ0v) is 8.43. The molecule has 0 bridgehead atoms. The van der Waals surface area contributed by atoms with Crippen LogP contribution >= 0.6 is 0 Å². The minimum absolute atomic E-state index is 0.810. The molecule has 76 valence electrons. The first-order chi connectivity index (χ1) is 7.47. The molecule has 2 aromatic rings. The summed E-state index contributed by atoms with van der Waals surface area (Å²) in [6.45, 7) is 1.14. The maximum absolute atomic E-state index is 4.07. The van der Waals surface area contributed by atoms with Crippen molar-refractivity contribution in [1.82, 2.24) is 15.3 Å². The van der Waals surface area contributed by atoms with Gasteiger partial charge in [0, 0.05) is 24.3 Å². The molecular weight excluding hydrogens is 186 g/mol. The molecule has 2 aromatic heterocycles. The predicted molar refractivity (Wildman–Crippen MR) is 61.3 cm³/mol. The fourth-order valence-electron chi connectivity index (χ4n) is 1.32. The largest absolute Gasteiger partial charge is 0.391 e. The molecule has 3 rings (SSSR count). The minimum Gasteiger partial charge on any atom is -0.391 e. The Hall–Kier alpha value is -1.90. The fourth-order valence-corrected chi connectivity index (χ4v) is 1.32. The normalized spacial score (nSPS) is 13.1. The van der Waals surface area contributed by atoms with E-state index in [2.05, 4.69) is 21.4 Å². The fraction of sp³-hybridized carbons (Fsp3) is 0.167. The second-order valence-electron chi connectivity index (χ2n) is 3.20. The SMILES string of the molecule is C1=CNCC1.c1cnc2ncccc2c1. The Morgan fingerprint density at radius 3 is 2.20 bits per heavy atom. The Morgan fingerprint density at radius 1 is 1.07 bits per heavy atom. The zero-order chi connectivity index (χ0) is 10.3. The van der Waals surface area contributed by atoms with Crippen molar-refractivity contribution in [3.05, 3.63) is 48.9 Å². The van der Waals surface area contributed by atoms with E-state index < -0.39 is 0 Å². The van der Waals surface area contributed by atoms with Crippen molar-refractivity contribution in [3.8, 4) is 0 Å². The lowest BCUT2D eigenvalue weighted by atomic mass is 10.3. The van der Waals surface area contributed by atoms with Gasteiger partial charge >= 0.3 is 0 Å². The van der Waals surface area contributed by atoms with Crippen LogP contribution in [0.3, 0.4) is 0 Å². The molecule has 0 aromatic carbocycles. The van der Waals surface area contributed by atoms with Crippen LogP contribution in [0.15, 0.2) is 48.9 Å². The van der Waals surface area contributed by atoms with E-state index in [0.717, 1.165) is 17.6 Å². The van der Waals surface area contributed by atoms with Crippen molar-refractivity contribution in [2.75, 3.05) is 6.54 Å². The molecule has 3 heterocycles. The first-order valence-corrected chi connectivity index (χ1v) is 5.01. The number of rotatable bonds is 0. The Bertz CT molecular complexity index is 380. The van der Waals surface area contributed by atoms with Gasteiger partial charge in [0.1, 0.15) is 0 Å². The summed E-state index contributed by atoms with van der Waals surface area (Å²) in [7, 11) is 0. The number of nitrogens with zero attached hydrogens (tertiary/aromatic N) is 2. The highest BCUT2D eigenvalue weighted by molar-refractivity contribution is 5.73. The molecule has 1 aliphatic rings. The summed E-state index contributed by atoms with van der Waals surface area (Å²) in [5.74, 6) is 0. The molecule has 0 amide bonds. The van der Waals surface area contributed by atoms with Gasteiger partial charge in [-0.3, -0.25) is 0 Å². The number of pyridine rings is 2. The summed E-state index contributed by atoms with van der Waals surface area (Å²) in [5.41, 5.74) is 0.810. The summed E-state index contributed by atoms with van der Waals surface area (Å²) in [5, 5.41) is 4.13. The third kappa shape index (κ3) is 2.77. The maximum atomic E-state index is 4.07. The highest BCUT2D eigenvalue weighted by Gasteiger charge is 1.88. The molecule has 1 aliphatic heterocycles. The molecule has 0 fully saturated rings. The first kappa shape index (κ1) is 9.65. The summed E-state index contributed by atoms with van der Waals surface area (Å²) in [6.07, 6.45) is 8.81. The lowest BCUT2D eigenvalue weighted by Crippen LogP contribution is -1.96. The quantitative estimate of drug-likeness (QED) is 0.706. The second-order valence-corrected chi connectivity index (χ2v) is 3.20. The third-order valence-corrected chi connectivity index (χ3v) is 2.07. The molecule has 0 saturated carbocycles. The molecule has 15 heavy (non-hydrogen) atoms. The monoisotopic (exact) mass is 199 g/mol. The summed E-state index contributed by atoms with van der Waals surface area (Å²) >= 11 is 0. The van der Waals surface area contributed by atoms with Crippen LogP contribution < -0.4 is 5.32 Å². The Morgan fingerprint density at radius 2 is 1.80 bits per heavy atom. The van der Waals surface area contributed by atoms with Gasteiger partial charge in [0.15, 0.2) is 5.65 Å². The van der Waals surface area contributed by atoms with Crippen LogP contribution in [0.2, 0.25) is 0 Å². The molecule has 0 saturated heterocycles. The summed E-state index contributed by atoms with van der Waals surface area (Å²) in [6, 6.07) is 7.80. The van der Waals surface area contributed by atoms with E-state index in [1.165, 1.54) is 6.42 Å². The molecule has 1 N–H and O–H groups in total. The minimum atomic E-state index is 0.810. The van der Waals surface area contributed by atoms with Gasteiger partial charge in [0.2, 0.25) is 0 Å². The third-order valence-electron chi connectivity index (χ3n) is 2.07. The molecular formula is C12H13N3. The van der Waals surface area contributed by atoms with E-state index in [9.17, 15) is 0 Å². The van der Waals surface area contributed by atoms with Crippen molar-refractivity contribution in [3.63, 3.8) is 0 Å². The number of nitrogens with one attached hydrogen (secondary N) is 1. The number of fused-ring (bicyclic) bond motifs is 1. The average molecular weight is 199 g/mol. The zero-order valence-electron chi connectivity index (χ0n) is 8.43. The standard InChI is InChI=1S/C8H6N2.C4H7N/c1-3-7-4-2-6-10-8(7)9-5-1;1-2-4-5-3-1/h1-6H;1,3,5H,2,4H2. The average Bonchev–Trinajstić information content (AvgIpc) is 2.88. The molecule has 0 unspecified atom stereocenters.